The Bertz CT molecular complexity index is 1060. The van der Waals surface area contributed by atoms with E-state index in [9.17, 15) is 14.7 Å². The van der Waals surface area contributed by atoms with Crippen LogP contribution in [0.25, 0.3) is 11.1 Å². The molecule has 0 saturated carbocycles. The molecule has 2 aromatic carbocycles. The Labute approximate surface area is 218 Å². The molecule has 0 heterocycles. The van der Waals surface area contributed by atoms with E-state index in [0.29, 0.717) is 35.5 Å². The number of carbonyl (C=O) groups excluding carboxylic acids is 2. The lowest BCUT2D eigenvalue weighted by Crippen LogP contribution is -3.65. The molecular weight excluding hydrogens is 559 g/mol. The van der Waals surface area contributed by atoms with Crippen LogP contribution in [-0.2, 0) is 23.8 Å². The predicted molar refractivity (Wildman–Crippen MR) is 132 cm³/mol. The number of benzene rings is 2. The zero-order chi connectivity index (χ0) is 26.0. The molecule has 0 aromatic heterocycles. The van der Waals surface area contributed by atoms with Crippen molar-refractivity contribution in [2.75, 3.05) is 6.61 Å². The van der Waals surface area contributed by atoms with Crippen molar-refractivity contribution in [1.29, 1.82) is 0 Å². The Hall–Kier alpha value is -2.75. The van der Waals surface area contributed by atoms with Crippen LogP contribution < -0.4 is 26.4 Å². The van der Waals surface area contributed by atoms with Gasteiger partial charge in [0.1, 0.15) is 5.75 Å². The minimum absolute atomic E-state index is 0.113. The van der Waals surface area contributed by atoms with Gasteiger partial charge in [-0.25, -0.2) is 12.7 Å². The zero-order valence-electron chi connectivity index (χ0n) is 20.4. The molecule has 0 aliphatic heterocycles. The first kappa shape index (κ1) is 28.5. The SMILES string of the molecule is C=C(C)C(=O)O[I+]C(CCOC(O)C(=C)C)Cc1ccc(-c2ccc(OC(=O)C(=C)C)cc2)cc1. The molecule has 1 N–H and O–H groups in total. The number of halogens is 1. The molecule has 7 heteroatoms. The van der Waals surface area contributed by atoms with E-state index in [1.807, 2.05) is 36.4 Å². The third-order valence-electron chi connectivity index (χ3n) is 4.88. The van der Waals surface area contributed by atoms with Gasteiger partial charge in [-0.1, -0.05) is 56.1 Å². The second kappa shape index (κ2) is 14.0. The molecule has 35 heavy (non-hydrogen) atoms. The van der Waals surface area contributed by atoms with Crippen molar-refractivity contribution in [3.63, 3.8) is 0 Å². The number of ether oxygens (including phenoxy) is 2. The maximum Gasteiger partial charge on any atom is 0.540 e. The lowest BCUT2D eigenvalue weighted by atomic mass is 10.0. The minimum Gasteiger partial charge on any atom is -0.423 e. The number of aliphatic hydroxyl groups excluding tert-OH is 1. The third kappa shape index (κ3) is 9.79. The highest BCUT2D eigenvalue weighted by molar-refractivity contribution is 5.88. The van der Waals surface area contributed by atoms with Crippen LogP contribution in [0.3, 0.4) is 0 Å². The summed E-state index contributed by atoms with van der Waals surface area (Å²) in [7, 11) is 0. The van der Waals surface area contributed by atoms with Crippen LogP contribution >= 0.6 is 0 Å². The van der Waals surface area contributed by atoms with Crippen molar-refractivity contribution in [3.05, 3.63) is 90.6 Å². The first-order valence-electron chi connectivity index (χ1n) is 11.1. The highest BCUT2D eigenvalue weighted by Gasteiger charge is 2.30. The fourth-order valence-corrected chi connectivity index (χ4v) is 4.96. The highest BCUT2D eigenvalue weighted by Crippen LogP contribution is 2.23. The Balaban J connectivity index is 2.03. The molecule has 6 nitrogen and oxygen atoms in total. The van der Waals surface area contributed by atoms with Gasteiger partial charge in [0.15, 0.2) is 6.29 Å². The summed E-state index contributed by atoms with van der Waals surface area (Å²) in [5, 5.41) is 9.80. The Kier molecular flexibility index (Phi) is 11.4. The van der Waals surface area contributed by atoms with Crippen LogP contribution in [0.1, 0.15) is 32.8 Å². The fraction of sp³-hybridized carbons (Fsp3) is 0.286. The van der Waals surface area contributed by atoms with E-state index in [-0.39, 0.29) is 9.89 Å². The zero-order valence-corrected chi connectivity index (χ0v) is 22.5. The smallest absolute Gasteiger partial charge is 0.423 e. The normalized spacial score (nSPS) is 12.3. The van der Waals surface area contributed by atoms with E-state index in [1.54, 1.807) is 32.9 Å². The molecule has 0 amide bonds. The van der Waals surface area contributed by atoms with E-state index in [2.05, 4.69) is 19.7 Å². The molecule has 0 aliphatic rings. The van der Waals surface area contributed by atoms with Crippen molar-refractivity contribution in [3.8, 4) is 16.9 Å². The van der Waals surface area contributed by atoms with E-state index >= 15 is 0 Å². The molecule has 2 aromatic rings. The average Bonchev–Trinajstić information content (AvgIpc) is 2.82. The Morgan fingerprint density at radius 3 is 1.94 bits per heavy atom. The van der Waals surface area contributed by atoms with Gasteiger partial charge in [0.2, 0.25) is 3.92 Å². The monoisotopic (exact) mass is 591 g/mol. The maximum atomic E-state index is 11.9. The van der Waals surface area contributed by atoms with Gasteiger partial charge in [0, 0.05) is 24.0 Å². The third-order valence-corrected chi connectivity index (χ3v) is 7.31. The molecule has 0 radical (unpaired) electrons. The van der Waals surface area contributed by atoms with Gasteiger partial charge in [-0.2, -0.15) is 0 Å². The topological polar surface area (TPSA) is 82.1 Å². The van der Waals surface area contributed by atoms with Crippen LogP contribution in [0.2, 0.25) is 0 Å². The standard InChI is InChI=1S/C28H32IO6/c1-18(2)26(30)33-16-15-24(29-35-28(32)20(5)6)17-21-7-9-22(10-8-21)23-11-13-25(14-12-23)34-27(31)19(3)4/h7-14,24,26,30H,1,3,5,15-17H2,2,4,6H3/q+1. The first-order chi connectivity index (χ1) is 16.6. The van der Waals surface area contributed by atoms with Crippen LogP contribution in [0.4, 0.5) is 0 Å². The van der Waals surface area contributed by atoms with Crippen LogP contribution in [0.15, 0.2) is 85.0 Å². The molecular formula is C28H32IO6+. The van der Waals surface area contributed by atoms with E-state index in [0.717, 1.165) is 23.1 Å². The van der Waals surface area contributed by atoms with Crippen LogP contribution in [0.5, 0.6) is 5.75 Å². The largest absolute Gasteiger partial charge is 0.540 e. The van der Waals surface area contributed by atoms with Crippen LogP contribution in [-0.4, -0.2) is 33.9 Å². The molecule has 2 unspecified atom stereocenters. The summed E-state index contributed by atoms with van der Waals surface area (Å²) in [6.07, 6.45) is 0.369. The van der Waals surface area contributed by atoms with Crippen molar-refractivity contribution in [2.24, 2.45) is 0 Å². The van der Waals surface area contributed by atoms with E-state index in [4.69, 9.17) is 12.5 Å². The molecule has 0 saturated heterocycles. The Morgan fingerprint density at radius 2 is 1.43 bits per heavy atom. The van der Waals surface area contributed by atoms with Gasteiger partial charge in [0.25, 0.3) is 0 Å². The van der Waals surface area contributed by atoms with Crippen molar-refractivity contribution >= 4 is 11.9 Å². The summed E-state index contributed by atoms with van der Waals surface area (Å²) in [4.78, 5) is 23.5. The van der Waals surface area contributed by atoms with Crippen LogP contribution in [0, 0.1) is 0 Å². The molecule has 0 aliphatic carbocycles. The van der Waals surface area contributed by atoms with Gasteiger partial charge in [-0.15, -0.1) is 0 Å². The lowest BCUT2D eigenvalue weighted by Gasteiger charge is -2.12. The number of hydrogen-bond donors (Lipinski definition) is 1. The quantitative estimate of drug-likeness (QED) is 0.0732. The second-order valence-corrected chi connectivity index (χ2v) is 11.0. The maximum absolute atomic E-state index is 11.9. The summed E-state index contributed by atoms with van der Waals surface area (Å²) in [5.74, 6) is -0.361. The average molecular weight is 591 g/mol. The van der Waals surface area contributed by atoms with Gasteiger partial charge < -0.3 is 14.6 Å². The van der Waals surface area contributed by atoms with Gasteiger partial charge >= 0.3 is 33.6 Å². The van der Waals surface area contributed by atoms with Gasteiger partial charge in [-0.3, -0.25) is 0 Å². The number of rotatable bonds is 13. The van der Waals surface area contributed by atoms with Crippen molar-refractivity contribution in [1.82, 2.24) is 0 Å². The fourth-order valence-electron chi connectivity index (χ4n) is 2.80. The number of aliphatic hydroxyl groups is 1. The summed E-state index contributed by atoms with van der Waals surface area (Å²) in [6, 6.07) is 15.4. The minimum atomic E-state index is -0.998. The lowest BCUT2D eigenvalue weighted by molar-refractivity contribution is -0.895. The number of esters is 1. The predicted octanol–water partition coefficient (Wildman–Crippen LogP) is 2.17. The number of alkyl halides is 1. The molecule has 2 rings (SSSR count). The Morgan fingerprint density at radius 1 is 0.886 bits per heavy atom. The summed E-state index contributed by atoms with van der Waals surface area (Å²) >= 11 is -0.900. The number of hydrogen-bond acceptors (Lipinski definition) is 6. The van der Waals surface area contributed by atoms with E-state index in [1.165, 1.54) is 0 Å². The molecule has 0 spiro atoms. The second-order valence-electron chi connectivity index (χ2n) is 8.28. The summed E-state index contributed by atoms with van der Waals surface area (Å²) in [5.41, 5.74) is 4.40. The van der Waals surface area contributed by atoms with E-state index < -0.39 is 33.9 Å². The van der Waals surface area contributed by atoms with Gasteiger partial charge in [0.05, 0.1) is 6.61 Å². The van der Waals surface area contributed by atoms with Crippen molar-refractivity contribution < 1.29 is 48.9 Å². The van der Waals surface area contributed by atoms with Gasteiger partial charge in [-0.05, 0) is 55.2 Å². The number of carbonyl (C=O) groups is 2. The molecule has 0 fully saturated rings. The highest BCUT2D eigenvalue weighted by atomic mass is 127. The summed E-state index contributed by atoms with van der Waals surface area (Å²) in [6.45, 7) is 16.2. The molecule has 0 bridgehead atoms. The summed E-state index contributed by atoms with van der Waals surface area (Å²) < 4.78 is 16.3. The molecule has 2 atom stereocenters. The van der Waals surface area contributed by atoms with Crippen molar-refractivity contribution in [2.45, 2.75) is 43.8 Å². The molecule has 186 valence electrons. The first-order valence-corrected chi connectivity index (χ1v) is 13.2.